The van der Waals surface area contributed by atoms with E-state index in [-0.39, 0.29) is 12.6 Å². The second-order valence-electron chi connectivity index (χ2n) is 4.35. The molecule has 1 aromatic heterocycles. The van der Waals surface area contributed by atoms with Crippen LogP contribution in [-0.2, 0) is 11.3 Å². The summed E-state index contributed by atoms with van der Waals surface area (Å²) in [5.41, 5.74) is 0. The number of rotatable bonds is 4. The minimum Gasteiger partial charge on any atom is -0.480 e. The van der Waals surface area contributed by atoms with Crippen molar-refractivity contribution in [3.8, 4) is 0 Å². The van der Waals surface area contributed by atoms with Crippen LogP contribution < -0.4 is 5.32 Å². The zero-order valence-electron chi connectivity index (χ0n) is 10.5. The normalized spacial score (nSPS) is 16.3. The Kier molecular flexibility index (Phi) is 4.35. The quantitative estimate of drug-likeness (QED) is 0.671. The number of carboxylic acid groups (broad SMARTS) is 1. The van der Waals surface area contributed by atoms with Gasteiger partial charge in [-0.25, -0.2) is 9.78 Å². The average molecular weight is 267 g/mol. The van der Waals surface area contributed by atoms with E-state index in [9.17, 15) is 9.59 Å². The lowest BCUT2D eigenvalue weighted by atomic mass is 10.3. The number of aromatic nitrogens is 2. The van der Waals surface area contributed by atoms with Gasteiger partial charge < -0.3 is 20.3 Å². The van der Waals surface area contributed by atoms with Crippen LogP contribution in [0.4, 0.5) is 4.79 Å². The number of amides is 2. The van der Waals surface area contributed by atoms with Gasteiger partial charge in [-0.3, -0.25) is 9.69 Å². The molecule has 1 fully saturated rings. The van der Waals surface area contributed by atoms with Gasteiger partial charge in [-0.05, 0) is 0 Å². The molecular weight excluding hydrogens is 250 g/mol. The summed E-state index contributed by atoms with van der Waals surface area (Å²) < 4.78 is 0. The molecule has 104 valence electrons. The molecule has 3 N–H and O–H groups in total. The Morgan fingerprint density at radius 3 is 2.68 bits per heavy atom. The van der Waals surface area contributed by atoms with Gasteiger partial charge in [0.1, 0.15) is 5.82 Å². The number of H-pyrrole nitrogens is 1. The van der Waals surface area contributed by atoms with Crippen LogP contribution in [0.2, 0.25) is 0 Å². The number of nitrogens with one attached hydrogen (secondary N) is 2. The van der Waals surface area contributed by atoms with E-state index in [4.69, 9.17) is 5.11 Å². The molecule has 0 radical (unpaired) electrons. The Morgan fingerprint density at radius 1 is 1.37 bits per heavy atom. The van der Waals surface area contributed by atoms with Gasteiger partial charge in [-0.1, -0.05) is 0 Å². The van der Waals surface area contributed by atoms with Gasteiger partial charge in [0.15, 0.2) is 0 Å². The Bertz CT molecular complexity index is 426. The van der Waals surface area contributed by atoms with Gasteiger partial charge >= 0.3 is 12.0 Å². The molecule has 0 aromatic carbocycles. The Hall–Kier alpha value is -2.09. The van der Waals surface area contributed by atoms with Gasteiger partial charge in [-0.15, -0.1) is 0 Å². The van der Waals surface area contributed by atoms with Crippen molar-refractivity contribution in [2.24, 2.45) is 0 Å². The fourth-order valence-electron chi connectivity index (χ4n) is 1.97. The molecule has 8 nitrogen and oxygen atoms in total. The van der Waals surface area contributed by atoms with E-state index in [1.807, 2.05) is 4.90 Å². The molecule has 1 saturated heterocycles. The van der Waals surface area contributed by atoms with Crippen molar-refractivity contribution in [1.29, 1.82) is 0 Å². The lowest BCUT2D eigenvalue weighted by molar-refractivity contribution is -0.138. The number of aliphatic carboxylic acids is 1. The minimum absolute atomic E-state index is 0.0296. The highest BCUT2D eigenvalue weighted by molar-refractivity contribution is 5.74. The molecule has 2 amide bonds. The maximum atomic E-state index is 11.9. The van der Waals surface area contributed by atoms with Crippen LogP contribution in [0.3, 0.4) is 0 Å². The van der Waals surface area contributed by atoms with Crippen LogP contribution in [0, 0.1) is 0 Å². The summed E-state index contributed by atoms with van der Waals surface area (Å²) >= 11 is 0. The lowest BCUT2D eigenvalue weighted by Gasteiger charge is -2.33. The summed E-state index contributed by atoms with van der Waals surface area (Å²) in [6.45, 7) is 2.64. The first-order valence-electron chi connectivity index (χ1n) is 6.10. The summed E-state index contributed by atoms with van der Waals surface area (Å²) in [4.78, 5) is 32.9. The highest BCUT2D eigenvalue weighted by atomic mass is 16.4. The number of imidazole rings is 1. The van der Waals surface area contributed by atoms with Crippen LogP contribution in [-0.4, -0.2) is 69.6 Å². The number of aromatic amines is 1. The highest BCUT2D eigenvalue weighted by Crippen LogP contribution is 2.02. The van der Waals surface area contributed by atoms with Crippen LogP contribution in [0.1, 0.15) is 5.82 Å². The first-order valence-corrected chi connectivity index (χ1v) is 6.10. The Balaban J connectivity index is 1.71. The summed E-state index contributed by atoms with van der Waals surface area (Å²) in [7, 11) is 0. The summed E-state index contributed by atoms with van der Waals surface area (Å²) in [6.07, 6.45) is 3.33. The first kappa shape index (κ1) is 13.3. The van der Waals surface area contributed by atoms with Crippen molar-refractivity contribution in [3.63, 3.8) is 0 Å². The van der Waals surface area contributed by atoms with Crippen molar-refractivity contribution >= 4 is 12.0 Å². The van der Waals surface area contributed by atoms with E-state index >= 15 is 0 Å². The maximum Gasteiger partial charge on any atom is 0.317 e. The summed E-state index contributed by atoms with van der Waals surface area (Å²) in [5.74, 6) is -0.131. The van der Waals surface area contributed by atoms with Crippen molar-refractivity contribution < 1.29 is 14.7 Å². The molecule has 0 spiro atoms. The van der Waals surface area contributed by atoms with Crippen molar-refractivity contribution in [1.82, 2.24) is 25.1 Å². The van der Waals surface area contributed by atoms with Gasteiger partial charge in [0, 0.05) is 38.6 Å². The molecule has 19 heavy (non-hydrogen) atoms. The topological polar surface area (TPSA) is 102 Å². The fourth-order valence-corrected chi connectivity index (χ4v) is 1.97. The second-order valence-corrected chi connectivity index (χ2v) is 4.35. The monoisotopic (exact) mass is 267 g/mol. The third-order valence-electron chi connectivity index (χ3n) is 2.98. The number of urea groups is 1. The molecule has 2 rings (SSSR count). The van der Waals surface area contributed by atoms with E-state index < -0.39 is 5.97 Å². The molecule has 0 unspecified atom stereocenters. The van der Waals surface area contributed by atoms with Crippen molar-refractivity contribution in [3.05, 3.63) is 18.2 Å². The van der Waals surface area contributed by atoms with Gasteiger partial charge in [0.05, 0.1) is 13.1 Å². The highest BCUT2D eigenvalue weighted by Gasteiger charge is 2.21. The third kappa shape index (κ3) is 3.95. The minimum atomic E-state index is -0.837. The van der Waals surface area contributed by atoms with E-state index in [0.29, 0.717) is 38.5 Å². The predicted octanol–water partition coefficient (Wildman–Crippen LogP) is -0.678. The molecule has 0 saturated carbocycles. The van der Waals surface area contributed by atoms with Crippen molar-refractivity contribution in [2.75, 3.05) is 32.7 Å². The predicted molar refractivity (Wildman–Crippen MR) is 66.5 cm³/mol. The molecule has 2 heterocycles. The Morgan fingerprint density at radius 2 is 2.11 bits per heavy atom. The van der Waals surface area contributed by atoms with Crippen LogP contribution in [0.5, 0.6) is 0 Å². The molecule has 0 atom stereocenters. The SMILES string of the molecule is O=C(O)CN1CCN(C(=O)NCc2ncc[nH]2)CC1. The first-order chi connectivity index (χ1) is 9.15. The number of hydrogen-bond donors (Lipinski definition) is 3. The van der Waals surface area contributed by atoms with Crippen LogP contribution in [0.25, 0.3) is 0 Å². The zero-order chi connectivity index (χ0) is 13.7. The molecule has 1 aliphatic rings. The molecule has 1 aromatic rings. The number of piperazine rings is 1. The molecular formula is C11H17N5O3. The van der Waals surface area contributed by atoms with Gasteiger partial charge in [0.2, 0.25) is 0 Å². The number of carbonyl (C=O) groups is 2. The van der Waals surface area contributed by atoms with Crippen LogP contribution in [0.15, 0.2) is 12.4 Å². The fraction of sp³-hybridized carbons (Fsp3) is 0.545. The lowest BCUT2D eigenvalue weighted by Crippen LogP contribution is -2.52. The van der Waals surface area contributed by atoms with Gasteiger partial charge in [0.25, 0.3) is 0 Å². The van der Waals surface area contributed by atoms with Crippen LogP contribution >= 0.6 is 0 Å². The molecule has 0 aliphatic carbocycles. The molecule has 0 bridgehead atoms. The summed E-state index contributed by atoms with van der Waals surface area (Å²) in [5, 5.41) is 11.5. The Labute approximate surface area is 110 Å². The maximum absolute atomic E-state index is 11.9. The van der Waals surface area contributed by atoms with Gasteiger partial charge in [-0.2, -0.15) is 0 Å². The number of carbonyl (C=O) groups excluding carboxylic acids is 1. The van der Waals surface area contributed by atoms with E-state index in [1.165, 1.54) is 0 Å². The van der Waals surface area contributed by atoms with E-state index in [2.05, 4.69) is 15.3 Å². The molecule has 1 aliphatic heterocycles. The smallest absolute Gasteiger partial charge is 0.317 e. The van der Waals surface area contributed by atoms with Crippen molar-refractivity contribution in [2.45, 2.75) is 6.54 Å². The second kappa shape index (κ2) is 6.19. The van der Waals surface area contributed by atoms with E-state index in [0.717, 1.165) is 0 Å². The summed E-state index contributed by atoms with van der Waals surface area (Å²) in [6, 6.07) is -0.147. The van der Waals surface area contributed by atoms with E-state index in [1.54, 1.807) is 17.3 Å². The average Bonchev–Trinajstić information content (AvgIpc) is 2.89. The standard InChI is InChI=1S/C11H17N5O3/c17-10(18)8-15-3-5-16(6-4-15)11(19)14-7-9-12-1-2-13-9/h1-2H,3-8H2,(H,12,13)(H,14,19)(H,17,18). The third-order valence-corrected chi connectivity index (χ3v) is 2.98. The number of hydrogen-bond acceptors (Lipinski definition) is 4. The largest absolute Gasteiger partial charge is 0.480 e. The number of nitrogens with zero attached hydrogens (tertiary/aromatic N) is 3. The zero-order valence-corrected chi connectivity index (χ0v) is 10.5. The molecule has 8 heteroatoms. The number of carboxylic acids is 1.